The van der Waals surface area contributed by atoms with Gasteiger partial charge in [0.15, 0.2) is 5.84 Å². The standard InChI is InChI=1S/C39H24N4OS/c1-3-11-23(12-4-1)37-40-38(24-13-5-2-6-14-24)42-39(41-37)43-29-17-9-7-15-25(29)27-22-34-28(21-30(27)43)36-33(45-34)20-19-32-35(36)26-16-8-10-18-31(26)44-32/h1-22,37H,(H,40,41,42). The van der Waals surface area contributed by atoms with E-state index < -0.39 is 0 Å². The van der Waals surface area contributed by atoms with E-state index >= 15 is 0 Å². The highest BCUT2D eigenvalue weighted by atomic mass is 32.1. The van der Waals surface area contributed by atoms with Crippen LogP contribution in [0.15, 0.2) is 148 Å². The van der Waals surface area contributed by atoms with E-state index in [4.69, 9.17) is 14.4 Å². The smallest absolute Gasteiger partial charge is 0.211 e. The monoisotopic (exact) mass is 596 g/mol. The molecule has 1 aliphatic rings. The van der Waals surface area contributed by atoms with Crippen LogP contribution in [0.3, 0.4) is 0 Å². The Kier molecular flexibility index (Phi) is 5.15. The number of aliphatic imine (C=N–C) groups is 2. The molecule has 3 aromatic heterocycles. The van der Waals surface area contributed by atoms with Gasteiger partial charge in [-0.2, -0.15) is 4.99 Å². The van der Waals surface area contributed by atoms with Gasteiger partial charge in [0, 0.05) is 47.3 Å². The van der Waals surface area contributed by atoms with Gasteiger partial charge in [-0.3, -0.25) is 4.57 Å². The molecule has 212 valence electrons. The molecule has 0 saturated heterocycles. The molecule has 0 bridgehead atoms. The topological polar surface area (TPSA) is 54.8 Å². The summed E-state index contributed by atoms with van der Waals surface area (Å²) in [4.78, 5) is 10.3. The van der Waals surface area contributed by atoms with Crippen molar-refractivity contribution in [1.29, 1.82) is 0 Å². The number of thiophene rings is 1. The van der Waals surface area contributed by atoms with Crippen molar-refractivity contribution < 1.29 is 4.42 Å². The molecule has 4 heterocycles. The molecule has 1 aliphatic heterocycles. The van der Waals surface area contributed by atoms with Crippen LogP contribution in [0.1, 0.15) is 17.3 Å². The summed E-state index contributed by atoms with van der Waals surface area (Å²) in [7, 11) is 0. The van der Waals surface area contributed by atoms with Crippen molar-refractivity contribution in [2.24, 2.45) is 9.98 Å². The summed E-state index contributed by atoms with van der Waals surface area (Å²) < 4.78 is 11.1. The number of hydrogen-bond donors (Lipinski definition) is 1. The lowest BCUT2D eigenvalue weighted by Crippen LogP contribution is -2.37. The maximum atomic E-state index is 6.30. The zero-order chi connectivity index (χ0) is 29.5. The van der Waals surface area contributed by atoms with E-state index in [2.05, 4.69) is 107 Å². The molecule has 6 heteroatoms. The van der Waals surface area contributed by atoms with Crippen molar-refractivity contribution in [3.63, 3.8) is 0 Å². The van der Waals surface area contributed by atoms with E-state index in [-0.39, 0.29) is 6.17 Å². The van der Waals surface area contributed by atoms with Crippen LogP contribution in [-0.4, -0.2) is 16.4 Å². The number of amidine groups is 1. The van der Waals surface area contributed by atoms with E-state index in [1.54, 1.807) is 0 Å². The average molecular weight is 597 g/mol. The molecule has 1 N–H and O–H groups in total. The molecule has 0 amide bonds. The lowest BCUT2D eigenvalue weighted by molar-refractivity contribution is 0.661. The van der Waals surface area contributed by atoms with Crippen LogP contribution in [0.5, 0.6) is 0 Å². The highest BCUT2D eigenvalue weighted by Gasteiger charge is 2.25. The second-order valence-electron chi connectivity index (χ2n) is 11.4. The van der Waals surface area contributed by atoms with E-state index in [1.165, 1.54) is 36.3 Å². The third-order valence-electron chi connectivity index (χ3n) is 8.86. The van der Waals surface area contributed by atoms with Gasteiger partial charge in [-0.15, -0.1) is 11.3 Å². The van der Waals surface area contributed by atoms with Crippen LogP contribution in [0.25, 0.3) is 63.9 Å². The van der Waals surface area contributed by atoms with Crippen LogP contribution < -0.4 is 5.32 Å². The second-order valence-corrected chi connectivity index (χ2v) is 12.5. The molecule has 1 atom stereocenters. The molecule has 0 fully saturated rings. The van der Waals surface area contributed by atoms with Crippen molar-refractivity contribution in [2.75, 3.05) is 0 Å². The Morgan fingerprint density at radius 2 is 1.36 bits per heavy atom. The number of aromatic nitrogens is 1. The van der Waals surface area contributed by atoms with Crippen LogP contribution in [0.4, 0.5) is 0 Å². The Morgan fingerprint density at radius 3 is 2.22 bits per heavy atom. The summed E-state index contributed by atoms with van der Waals surface area (Å²) in [6, 6.07) is 46.5. The van der Waals surface area contributed by atoms with Crippen LogP contribution in [0.2, 0.25) is 0 Å². The number of benzene rings is 6. The van der Waals surface area contributed by atoms with Gasteiger partial charge >= 0.3 is 0 Å². The third-order valence-corrected chi connectivity index (χ3v) is 9.97. The van der Waals surface area contributed by atoms with Gasteiger partial charge in [-0.1, -0.05) is 97.1 Å². The fraction of sp³-hybridized carbons (Fsp3) is 0.0256. The number of para-hydroxylation sites is 2. The lowest BCUT2D eigenvalue weighted by atomic mass is 10.0. The molecule has 5 nitrogen and oxygen atoms in total. The van der Waals surface area contributed by atoms with Crippen molar-refractivity contribution in [3.8, 4) is 0 Å². The van der Waals surface area contributed by atoms with Gasteiger partial charge in [0.25, 0.3) is 0 Å². The first kappa shape index (κ1) is 24.7. The minimum Gasteiger partial charge on any atom is -0.456 e. The Morgan fingerprint density at radius 1 is 0.600 bits per heavy atom. The largest absolute Gasteiger partial charge is 0.456 e. The summed E-state index contributed by atoms with van der Waals surface area (Å²) in [5.74, 6) is 1.46. The average Bonchev–Trinajstić information content (AvgIpc) is 3.76. The fourth-order valence-corrected chi connectivity index (χ4v) is 7.98. The zero-order valence-electron chi connectivity index (χ0n) is 23.9. The van der Waals surface area contributed by atoms with Gasteiger partial charge in [0.05, 0.1) is 11.0 Å². The van der Waals surface area contributed by atoms with Gasteiger partial charge in [-0.25, -0.2) is 4.99 Å². The van der Waals surface area contributed by atoms with Crippen LogP contribution >= 0.6 is 11.3 Å². The Hall–Kier alpha value is -5.72. The van der Waals surface area contributed by atoms with Crippen molar-refractivity contribution in [1.82, 2.24) is 9.88 Å². The Labute approximate surface area is 261 Å². The fourth-order valence-electron chi connectivity index (χ4n) is 6.84. The van der Waals surface area contributed by atoms with Gasteiger partial charge in [0.1, 0.15) is 17.3 Å². The summed E-state index contributed by atoms with van der Waals surface area (Å²) in [6.45, 7) is 0. The quantitative estimate of drug-likeness (QED) is 0.216. The molecule has 6 aromatic carbocycles. The maximum absolute atomic E-state index is 6.30. The highest BCUT2D eigenvalue weighted by Crippen LogP contribution is 2.44. The van der Waals surface area contributed by atoms with Crippen molar-refractivity contribution >= 4 is 87.0 Å². The van der Waals surface area contributed by atoms with Gasteiger partial charge < -0.3 is 9.73 Å². The van der Waals surface area contributed by atoms with E-state index in [0.29, 0.717) is 5.84 Å². The number of nitrogens with one attached hydrogen (secondary N) is 1. The van der Waals surface area contributed by atoms with E-state index in [1.807, 2.05) is 47.7 Å². The molecule has 45 heavy (non-hydrogen) atoms. The minimum absolute atomic E-state index is 0.284. The number of fused-ring (bicyclic) bond motifs is 10. The third kappa shape index (κ3) is 3.66. The maximum Gasteiger partial charge on any atom is 0.211 e. The van der Waals surface area contributed by atoms with E-state index in [0.717, 1.165) is 44.7 Å². The number of furan rings is 1. The zero-order valence-corrected chi connectivity index (χ0v) is 24.8. The Bertz CT molecular complexity index is 2680. The summed E-state index contributed by atoms with van der Waals surface area (Å²) in [5, 5.41) is 10.9. The normalized spacial score (nSPS) is 15.3. The lowest BCUT2D eigenvalue weighted by Gasteiger charge is -2.24. The second kappa shape index (κ2) is 9.39. The first-order valence-electron chi connectivity index (χ1n) is 15.0. The van der Waals surface area contributed by atoms with Crippen molar-refractivity contribution in [2.45, 2.75) is 6.17 Å². The molecule has 0 spiro atoms. The molecule has 0 radical (unpaired) electrons. The van der Waals surface area contributed by atoms with Gasteiger partial charge in [-0.05, 0) is 42.0 Å². The summed E-state index contributed by atoms with van der Waals surface area (Å²) in [6.07, 6.45) is -0.284. The Balaban J connectivity index is 1.28. The predicted molar refractivity (Wildman–Crippen MR) is 188 cm³/mol. The number of hydrogen-bond acceptors (Lipinski definition) is 5. The number of nitrogens with zero attached hydrogens (tertiary/aromatic N) is 3. The predicted octanol–water partition coefficient (Wildman–Crippen LogP) is 10.0. The molecule has 0 saturated carbocycles. The summed E-state index contributed by atoms with van der Waals surface area (Å²) >= 11 is 1.84. The molecule has 1 unspecified atom stereocenters. The number of rotatable bonds is 2. The van der Waals surface area contributed by atoms with E-state index in [9.17, 15) is 0 Å². The molecule has 10 rings (SSSR count). The van der Waals surface area contributed by atoms with Crippen molar-refractivity contribution in [3.05, 3.63) is 145 Å². The molecular weight excluding hydrogens is 573 g/mol. The molecular formula is C39H24N4OS. The first-order chi connectivity index (χ1) is 22.3. The summed E-state index contributed by atoms with van der Waals surface area (Å²) in [5.41, 5.74) is 6.09. The minimum atomic E-state index is -0.284. The highest BCUT2D eigenvalue weighted by molar-refractivity contribution is 7.26. The molecule has 0 aliphatic carbocycles. The molecule has 9 aromatic rings. The SMILES string of the molecule is c1ccc(C2=NC(c3ccccc3)NC(n3c4ccccc4c4cc5sc6ccc7oc8ccccc8c7c6c5cc43)=N2)cc1. The van der Waals surface area contributed by atoms with Gasteiger partial charge in [0.2, 0.25) is 5.96 Å². The van der Waals surface area contributed by atoms with Crippen LogP contribution in [0, 0.1) is 0 Å². The van der Waals surface area contributed by atoms with Crippen LogP contribution in [-0.2, 0) is 0 Å². The first-order valence-corrected chi connectivity index (χ1v) is 15.9.